The summed E-state index contributed by atoms with van der Waals surface area (Å²) in [5.41, 5.74) is 0. The van der Waals surface area contributed by atoms with Crippen LogP contribution in [0.2, 0.25) is 0 Å². The SMILES string of the molecule is CCCCCC/C=C\CCCCCCCCOCC(COP(=O)(O)OC1C(O)C(O)C(O)C(O)C1O)OC(=O)CCCCCCCCCCCCC/C=C\CCCCCCCCCC. The number of aliphatic hydroxyl groups excluding tert-OH is 5. The number of phosphoric ester groups is 1. The minimum absolute atomic E-state index is 0.0781. The van der Waals surface area contributed by atoms with E-state index in [1.165, 1.54) is 154 Å². The minimum atomic E-state index is -5.02. The van der Waals surface area contributed by atoms with Crippen LogP contribution in [-0.2, 0) is 27.9 Å². The van der Waals surface area contributed by atoms with Crippen molar-refractivity contribution in [3.63, 3.8) is 0 Å². The Labute approximate surface area is 390 Å². The van der Waals surface area contributed by atoms with Gasteiger partial charge in [-0.2, -0.15) is 0 Å². The molecule has 1 rings (SSSR count). The van der Waals surface area contributed by atoms with Crippen molar-refractivity contribution in [2.75, 3.05) is 19.8 Å². The second-order valence-corrected chi connectivity index (χ2v) is 19.8. The Morgan fingerprint density at radius 1 is 0.484 bits per heavy atom. The van der Waals surface area contributed by atoms with Crippen molar-refractivity contribution in [1.82, 2.24) is 0 Å². The number of ether oxygens (including phenoxy) is 2. The van der Waals surface area contributed by atoms with Gasteiger partial charge >= 0.3 is 13.8 Å². The van der Waals surface area contributed by atoms with Crippen LogP contribution in [0, 0.1) is 0 Å². The molecule has 6 N–H and O–H groups in total. The van der Waals surface area contributed by atoms with Crippen LogP contribution in [0.15, 0.2) is 24.3 Å². The monoisotopic (exact) mass is 933 g/mol. The van der Waals surface area contributed by atoms with Gasteiger partial charge in [0.25, 0.3) is 0 Å². The van der Waals surface area contributed by atoms with Gasteiger partial charge in [-0.25, -0.2) is 4.57 Å². The highest BCUT2D eigenvalue weighted by Gasteiger charge is 2.51. The largest absolute Gasteiger partial charge is 0.472 e. The van der Waals surface area contributed by atoms with Crippen LogP contribution in [0.5, 0.6) is 0 Å². The van der Waals surface area contributed by atoms with Crippen LogP contribution in [-0.4, -0.2) is 98.9 Å². The molecule has 378 valence electrons. The minimum Gasteiger partial charge on any atom is -0.457 e. The molecule has 13 heteroatoms. The standard InChI is InChI=1S/C51H97O12P/c1-3-5-7-9-11-13-15-17-19-20-21-22-23-24-25-26-27-28-30-32-34-36-38-40-45(52)62-44(42-60-41-39-37-35-33-31-29-18-16-14-12-10-8-6-4-2)43-61-64(58,59)63-51-49(56)47(54)46(53)48(55)50(51)57/h14,16,20-21,44,46-51,53-57H,3-13,15,17-19,22-43H2,1-2H3,(H,58,59)/b16-14-,21-20-. The van der Waals surface area contributed by atoms with Crippen LogP contribution in [0.25, 0.3) is 0 Å². The molecule has 1 aliphatic rings. The number of carbonyl (C=O) groups is 1. The van der Waals surface area contributed by atoms with E-state index in [-0.39, 0.29) is 13.0 Å². The van der Waals surface area contributed by atoms with Crippen molar-refractivity contribution in [2.24, 2.45) is 0 Å². The third kappa shape index (κ3) is 33.3. The predicted octanol–water partition coefficient (Wildman–Crippen LogP) is 11.7. The van der Waals surface area contributed by atoms with Crippen molar-refractivity contribution in [3.8, 4) is 0 Å². The van der Waals surface area contributed by atoms with Crippen LogP contribution >= 0.6 is 7.82 Å². The van der Waals surface area contributed by atoms with E-state index in [0.29, 0.717) is 13.0 Å². The molecule has 0 amide bonds. The highest BCUT2D eigenvalue weighted by atomic mass is 31.2. The van der Waals surface area contributed by atoms with Crippen molar-refractivity contribution in [3.05, 3.63) is 24.3 Å². The van der Waals surface area contributed by atoms with Gasteiger partial charge in [0.05, 0.1) is 13.2 Å². The molecule has 0 aromatic rings. The van der Waals surface area contributed by atoms with E-state index in [0.717, 1.165) is 51.4 Å². The third-order valence-corrected chi connectivity index (χ3v) is 13.3. The lowest BCUT2D eigenvalue weighted by atomic mass is 9.85. The Kier molecular flexibility index (Phi) is 39.9. The topological polar surface area (TPSA) is 192 Å². The average molecular weight is 933 g/mol. The van der Waals surface area contributed by atoms with Gasteiger partial charge < -0.3 is 39.9 Å². The summed E-state index contributed by atoms with van der Waals surface area (Å²) in [7, 11) is -5.02. The fourth-order valence-corrected chi connectivity index (χ4v) is 9.08. The molecule has 12 nitrogen and oxygen atoms in total. The van der Waals surface area contributed by atoms with Gasteiger partial charge in [0.15, 0.2) is 0 Å². The van der Waals surface area contributed by atoms with Crippen molar-refractivity contribution < 1.29 is 58.3 Å². The maximum atomic E-state index is 12.8. The van der Waals surface area contributed by atoms with Crippen LogP contribution in [0.3, 0.4) is 0 Å². The fraction of sp³-hybridized carbons (Fsp3) is 0.902. The molecule has 6 unspecified atom stereocenters. The highest BCUT2D eigenvalue weighted by Crippen LogP contribution is 2.47. The summed E-state index contributed by atoms with van der Waals surface area (Å²) >= 11 is 0. The number of rotatable bonds is 45. The molecular weight excluding hydrogens is 836 g/mol. The Bertz CT molecular complexity index is 1150. The molecule has 1 saturated carbocycles. The molecule has 64 heavy (non-hydrogen) atoms. The summed E-state index contributed by atoms with van der Waals surface area (Å²) < 4.78 is 34.3. The maximum absolute atomic E-state index is 12.8. The molecule has 0 aromatic carbocycles. The lowest BCUT2D eigenvalue weighted by Crippen LogP contribution is -2.64. The molecule has 0 heterocycles. The molecule has 0 radical (unpaired) electrons. The number of carbonyl (C=O) groups excluding carboxylic acids is 1. The average Bonchev–Trinajstić information content (AvgIpc) is 3.28. The summed E-state index contributed by atoms with van der Waals surface area (Å²) in [6.45, 7) is 4.26. The normalized spacial score (nSPS) is 21.8. The summed E-state index contributed by atoms with van der Waals surface area (Å²) in [5, 5.41) is 50.3. The predicted molar refractivity (Wildman–Crippen MR) is 258 cm³/mol. The fourth-order valence-electron chi connectivity index (χ4n) is 8.11. The van der Waals surface area contributed by atoms with E-state index in [9.17, 15) is 39.8 Å². The molecule has 1 fully saturated rings. The first-order valence-corrected chi connectivity index (χ1v) is 27.7. The van der Waals surface area contributed by atoms with Gasteiger partial charge in [0.1, 0.15) is 42.7 Å². The number of unbranched alkanes of at least 4 members (excludes halogenated alkanes) is 29. The first kappa shape index (κ1) is 60.8. The molecule has 0 spiro atoms. The first-order chi connectivity index (χ1) is 31.0. The summed E-state index contributed by atoms with van der Waals surface area (Å²) in [5.74, 6) is -0.477. The van der Waals surface area contributed by atoms with Gasteiger partial charge in [-0.05, 0) is 64.2 Å². The van der Waals surface area contributed by atoms with Crippen molar-refractivity contribution >= 4 is 13.8 Å². The number of allylic oxidation sites excluding steroid dienone is 4. The van der Waals surface area contributed by atoms with Gasteiger partial charge in [-0.1, -0.05) is 186 Å². The zero-order valence-electron chi connectivity index (χ0n) is 40.6. The number of hydrogen-bond acceptors (Lipinski definition) is 11. The van der Waals surface area contributed by atoms with E-state index in [1.807, 2.05) is 0 Å². The second kappa shape index (κ2) is 42.0. The van der Waals surface area contributed by atoms with E-state index in [4.69, 9.17) is 18.5 Å². The van der Waals surface area contributed by atoms with Gasteiger partial charge in [0, 0.05) is 13.0 Å². The summed E-state index contributed by atoms with van der Waals surface area (Å²) in [4.78, 5) is 23.2. The molecule has 1 aliphatic carbocycles. The summed E-state index contributed by atoms with van der Waals surface area (Å²) in [6.07, 6.45) is 36.8. The Morgan fingerprint density at radius 2 is 0.828 bits per heavy atom. The number of aliphatic hydroxyl groups is 5. The van der Waals surface area contributed by atoms with Crippen molar-refractivity contribution in [2.45, 2.75) is 275 Å². The smallest absolute Gasteiger partial charge is 0.457 e. The molecule has 0 aromatic heterocycles. The lowest BCUT2D eigenvalue weighted by molar-refractivity contribution is -0.220. The molecule has 0 bridgehead atoms. The van der Waals surface area contributed by atoms with E-state index in [2.05, 4.69) is 38.2 Å². The molecule has 0 aliphatic heterocycles. The van der Waals surface area contributed by atoms with Crippen molar-refractivity contribution in [1.29, 1.82) is 0 Å². The maximum Gasteiger partial charge on any atom is 0.472 e. The van der Waals surface area contributed by atoms with Crippen LogP contribution in [0.1, 0.15) is 232 Å². The highest BCUT2D eigenvalue weighted by molar-refractivity contribution is 7.47. The van der Waals surface area contributed by atoms with Gasteiger partial charge in [-0.3, -0.25) is 13.8 Å². The van der Waals surface area contributed by atoms with E-state index in [1.54, 1.807) is 0 Å². The summed E-state index contributed by atoms with van der Waals surface area (Å²) in [6, 6.07) is 0. The quantitative estimate of drug-likeness (QED) is 0.0147. The first-order valence-electron chi connectivity index (χ1n) is 26.2. The Morgan fingerprint density at radius 3 is 1.25 bits per heavy atom. The van der Waals surface area contributed by atoms with E-state index < -0.39 is 63.1 Å². The lowest BCUT2D eigenvalue weighted by Gasteiger charge is -2.41. The van der Waals surface area contributed by atoms with E-state index >= 15 is 0 Å². The van der Waals surface area contributed by atoms with Crippen LogP contribution in [0.4, 0.5) is 0 Å². The number of esters is 1. The van der Waals surface area contributed by atoms with Gasteiger partial charge in [-0.15, -0.1) is 0 Å². The van der Waals surface area contributed by atoms with Crippen LogP contribution < -0.4 is 0 Å². The second-order valence-electron chi connectivity index (χ2n) is 18.4. The third-order valence-electron chi connectivity index (χ3n) is 12.3. The zero-order valence-corrected chi connectivity index (χ0v) is 41.5. The molecule has 0 saturated heterocycles. The number of hydrogen-bond donors (Lipinski definition) is 6. The molecule has 6 atom stereocenters. The zero-order chi connectivity index (χ0) is 46.9. The number of phosphoric acid groups is 1. The van der Waals surface area contributed by atoms with Gasteiger partial charge in [0.2, 0.25) is 0 Å². The Balaban J connectivity index is 2.30. The molecular formula is C51H97O12P. The Hall–Kier alpha value is -1.18.